The number of nitrogens with zero attached hydrogens (tertiary/aromatic N) is 5. The van der Waals surface area contributed by atoms with Crippen LogP contribution in [0.3, 0.4) is 0 Å². The Morgan fingerprint density at radius 2 is 2.15 bits per heavy atom. The third-order valence-electron chi connectivity index (χ3n) is 4.12. The standard InChI is InChI=1S/C17H15N7O2/c18-6-12-9-21-16-13(22-14-4-3-11(8-20-14)17(25)26)5-15(23-24(12)16)19-7-10-1-2-10/h3-5,8-10H,1-2,7H2,(H,19,23)(H,20,22)(H,25,26). The summed E-state index contributed by atoms with van der Waals surface area (Å²) in [6.45, 7) is 0.833. The summed E-state index contributed by atoms with van der Waals surface area (Å²) < 4.78 is 1.48. The van der Waals surface area contributed by atoms with Crippen molar-refractivity contribution in [1.29, 1.82) is 5.26 Å². The predicted molar refractivity (Wildman–Crippen MR) is 93.4 cm³/mol. The van der Waals surface area contributed by atoms with Gasteiger partial charge < -0.3 is 15.7 Å². The summed E-state index contributed by atoms with van der Waals surface area (Å²) in [5.74, 6) is 0.738. The smallest absolute Gasteiger partial charge is 0.337 e. The van der Waals surface area contributed by atoms with E-state index in [9.17, 15) is 10.1 Å². The second kappa shape index (κ2) is 6.33. The molecule has 1 aliphatic carbocycles. The molecule has 0 bridgehead atoms. The van der Waals surface area contributed by atoms with Crippen molar-refractivity contribution < 1.29 is 9.90 Å². The Labute approximate surface area is 148 Å². The maximum Gasteiger partial charge on any atom is 0.337 e. The molecule has 1 fully saturated rings. The molecular weight excluding hydrogens is 334 g/mol. The number of hydrogen-bond donors (Lipinski definition) is 3. The third kappa shape index (κ3) is 3.12. The molecule has 9 nitrogen and oxygen atoms in total. The van der Waals surface area contributed by atoms with Gasteiger partial charge in [0.15, 0.2) is 11.3 Å². The van der Waals surface area contributed by atoms with Crippen LogP contribution in [0.1, 0.15) is 28.9 Å². The fraction of sp³-hybridized carbons (Fsp3) is 0.235. The number of carbonyl (C=O) groups is 1. The number of carboxylic acid groups (broad SMARTS) is 1. The zero-order valence-electron chi connectivity index (χ0n) is 13.7. The van der Waals surface area contributed by atoms with Gasteiger partial charge in [-0.25, -0.2) is 14.8 Å². The Morgan fingerprint density at radius 1 is 1.31 bits per heavy atom. The van der Waals surface area contributed by atoms with E-state index in [1.54, 1.807) is 12.1 Å². The zero-order chi connectivity index (χ0) is 18.1. The van der Waals surface area contributed by atoms with Crippen molar-refractivity contribution in [2.24, 2.45) is 5.92 Å². The lowest BCUT2D eigenvalue weighted by Gasteiger charge is -2.11. The molecule has 0 aliphatic heterocycles. The Hall–Kier alpha value is -3.67. The lowest BCUT2D eigenvalue weighted by molar-refractivity contribution is 0.0696. The van der Waals surface area contributed by atoms with Gasteiger partial charge >= 0.3 is 5.97 Å². The monoisotopic (exact) mass is 349 g/mol. The molecule has 0 unspecified atom stereocenters. The van der Waals surface area contributed by atoms with Crippen LogP contribution in [-0.2, 0) is 0 Å². The van der Waals surface area contributed by atoms with Crippen molar-refractivity contribution in [2.75, 3.05) is 17.2 Å². The highest BCUT2D eigenvalue weighted by Crippen LogP contribution is 2.29. The van der Waals surface area contributed by atoms with Gasteiger partial charge in [0, 0.05) is 18.8 Å². The molecule has 0 amide bonds. The molecule has 0 spiro atoms. The summed E-state index contributed by atoms with van der Waals surface area (Å²) in [5, 5.41) is 29.0. The first kappa shape index (κ1) is 15.8. The van der Waals surface area contributed by atoms with Gasteiger partial charge in [-0.3, -0.25) is 0 Å². The molecule has 0 atom stereocenters. The number of anilines is 3. The van der Waals surface area contributed by atoms with Crippen LogP contribution < -0.4 is 10.6 Å². The molecule has 3 aromatic rings. The van der Waals surface area contributed by atoms with E-state index in [0.717, 1.165) is 6.54 Å². The Balaban J connectivity index is 1.68. The van der Waals surface area contributed by atoms with Gasteiger partial charge in [0.2, 0.25) is 0 Å². The molecule has 9 heteroatoms. The lowest BCUT2D eigenvalue weighted by atomic mass is 10.3. The van der Waals surface area contributed by atoms with E-state index in [4.69, 9.17) is 5.11 Å². The van der Waals surface area contributed by atoms with E-state index in [-0.39, 0.29) is 5.56 Å². The highest BCUT2D eigenvalue weighted by molar-refractivity contribution is 5.87. The first-order chi connectivity index (χ1) is 12.6. The van der Waals surface area contributed by atoms with Crippen LogP contribution in [0.25, 0.3) is 5.65 Å². The number of rotatable bonds is 6. The van der Waals surface area contributed by atoms with E-state index in [1.807, 2.05) is 0 Å². The van der Waals surface area contributed by atoms with E-state index < -0.39 is 5.97 Å². The number of pyridine rings is 1. The number of nitrogens with one attached hydrogen (secondary N) is 2. The average molecular weight is 349 g/mol. The third-order valence-corrected chi connectivity index (χ3v) is 4.12. The van der Waals surface area contributed by atoms with Gasteiger partial charge in [-0.1, -0.05) is 0 Å². The van der Waals surface area contributed by atoms with Gasteiger partial charge in [-0.15, -0.1) is 5.10 Å². The molecule has 4 rings (SSSR count). The highest BCUT2D eigenvalue weighted by atomic mass is 16.4. The molecule has 0 radical (unpaired) electrons. The van der Waals surface area contributed by atoms with Crippen LogP contribution in [0.15, 0.2) is 30.6 Å². The SMILES string of the molecule is N#Cc1cnc2c(Nc3ccc(C(=O)O)cn3)cc(NCC3CC3)nn12. The molecule has 130 valence electrons. The number of nitriles is 1. The van der Waals surface area contributed by atoms with Crippen LogP contribution >= 0.6 is 0 Å². The lowest BCUT2D eigenvalue weighted by Crippen LogP contribution is -2.09. The first-order valence-electron chi connectivity index (χ1n) is 8.13. The summed E-state index contributed by atoms with van der Waals surface area (Å²) in [4.78, 5) is 19.3. The minimum Gasteiger partial charge on any atom is -0.478 e. The van der Waals surface area contributed by atoms with E-state index >= 15 is 0 Å². The molecule has 0 saturated heterocycles. The molecule has 0 aromatic carbocycles. The van der Waals surface area contributed by atoms with E-state index in [0.29, 0.717) is 34.6 Å². The van der Waals surface area contributed by atoms with Crippen molar-refractivity contribution in [3.8, 4) is 6.07 Å². The van der Waals surface area contributed by atoms with Crippen molar-refractivity contribution in [2.45, 2.75) is 12.8 Å². The minimum atomic E-state index is -1.03. The Bertz CT molecular complexity index is 1020. The second-order valence-corrected chi connectivity index (χ2v) is 6.12. The number of carboxylic acids is 1. The van der Waals surface area contributed by atoms with Gasteiger partial charge in [0.1, 0.15) is 17.7 Å². The maximum atomic E-state index is 10.9. The molecule has 3 N–H and O–H groups in total. The van der Waals surface area contributed by atoms with Gasteiger partial charge in [0.05, 0.1) is 17.4 Å². The fourth-order valence-electron chi connectivity index (χ4n) is 2.53. The summed E-state index contributed by atoms with van der Waals surface area (Å²) >= 11 is 0. The number of aromatic carboxylic acids is 1. The fourth-order valence-corrected chi connectivity index (χ4v) is 2.53. The average Bonchev–Trinajstić information content (AvgIpc) is 3.38. The summed E-state index contributed by atoms with van der Waals surface area (Å²) in [6, 6.07) is 6.91. The van der Waals surface area contributed by atoms with Gasteiger partial charge in [0.25, 0.3) is 0 Å². The van der Waals surface area contributed by atoms with Crippen LogP contribution in [-0.4, -0.2) is 37.2 Å². The second-order valence-electron chi connectivity index (χ2n) is 6.12. The first-order valence-corrected chi connectivity index (χ1v) is 8.13. The molecule has 26 heavy (non-hydrogen) atoms. The highest BCUT2D eigenvalue weighted by Gasteiger charge is 2.21. The number of hydrogen-bond acceptors (Lipinski definition) is 7. The largest absolute Gasteiger partial charge is 0.478 e. The summed E-state index contributed by atoms with van der Waals surface area (Å²) in [5.41, 5.74) is 1.54. The minimum absolute atomic E-state index is 0.106. The van der Waals surface area contributed by atoms with Crippen molar-refractivity contribution in [1.82, 2.24) is 19.6 Å². The normalized spacial score (nSPS) is 13.3. The molecular formula is C17H15N7O2. The molecule has 3 heterocycles. The molecule has 3 aromatic heterocycles. The van der Waals surface area contributed by atoms with Gasteiger partial charge in [-0.05, 0) is 30.9 Å². The number of fused-ring (bicyclic) bond motifs is 1. The van der Waals surface area contributed by atoms with E-state index in [2.05, 4.69) is 31.8 Å². The predicted octanol–water partition coefficient (Wildman–Crippen LogP) is 2.26. The Kier molecular flexibility index (Phi) is 3.85. The number of aromatic nitrogens is 4. The maximum absolute atomic E-state index is 10.9. The van der Waals surface area contributed by atoms with Crippen LogP contribution in [0.4, 0.5) is 17.3 Å². The topological polar surface area (TPSA) is 128 Å². The van der Waals surface area contributed by atoms with Crippen molar-refractivity contribution >= 4 is 28.9 Å². The van der Waals surface area contributed by atoms with Gasteiger partial charge in [-0.2, -0.15) is 9.78 Å². The van der Waals surface area contributed by atoms with Crippen molar-refractivity contribution in [3.63, 3.8) is 0 Å². The van der Waals surface area contributed by atoms with Crippen LogP contribution in [0, 0.1) is 17.2 Å². The number of imidazole rings is 1. The van der Waals surface area contributed by atoms with Crippen LogP contribution in [0.2, 0.25) is 0 Å². The molecule has 1 saturated carbocycles. The van der Waals surface area contributed by atoms with Crippen molar-refractivity contribution in [3.05, 3.63) is 41.9 Å². The summed E-state index contributed by atoms with van der Waals surface area (Å²) in [7, 11) is 0. The zero-order valence-corrected chi connectivity index (χ0v) is 13.7. The van der Waals surface area contributed by atoms with Crippen LogP contribution in [0.5, 0.6) is 0 Å². The summed E-state index contributed by atoms with van der Waals surface area (Å²) in [6.07, 6.45) is 5.17. The molecule has 1 aliphatic rings. The van der Waals surface area contributed by atoms with E-state index in [1.165, 1.54) is 35.8 Å². The Morgan fingerprint density at radius 3 is 2.81 bits per heavy atom. The quantitative estimate of drug-likeness (QED) is 0.618.